The minimum absolute atomic E-state index is 0.164. The third-order valence-electron chi connectivity index (χ3n) is 5.62. The Bertz CT molecular complexity index is 1070. The third-order valence-corrected chi connectivity index (χ3v) is 5.62. The van der Waals surface area contributed by atoms with Crippen molar-refractivity contribution in [3.63, 3.8) is 0 Å². The molecule has 2 aliphatic rings. The molecule has 0 amide bonds. The number of hydrazone groups is 1. The summed E-state index contributed by atoms with van der Waals surface area (Å²) in [5.41, 5.74) is 5.75. The number of rotatable bonds is 4. The predicted octanol–water partition coefficient (Wildman–Crippen LogP) is 6.02. The van der Waals surface area contributed by atoms with Gasteiger partial charge in [0.05, 0.1) is 17.9 Å². The summed E-state index contributed by atoms with van der Waals surface area (Å²) in [6.07, 6.45) is 0.789. The molecule has 5 rings (SSSR count). The second-order valence-corrected chi connectivity index (χ2v) is 8.26. The van der Waals surface area contributed by atoms with Crippen LogP contribution in [0.2, 0.25) is 0 Å². The summed E-state index contributed by atoms with van der Waals surface area (Å²) in [6.45, 7) is 6.17. The van der Waals surface area contributed by atoms with Crippen molar-refractivity contribution in [3.8, 4) is 11.5 Å². The monoisotopic (exact) mass is 398 g/mol. The third kappa shape index (κ3) is 3.43. The fourth-order valence-corrected chi connectivity index (χ4v) is 4.16. The quantitative estimate of drug-likeness (QED) is 0.538. The Morgan fingerprint density at radius 3 is 2.43 bits per heavy atom. The number of aryl methyl sites for hydroxylation is 1. The Morgan fingerprint density at radius 2 is 1.70 bits per heavy atom. The van der Waals surface area contributed by atoms with Gasteiger partial charge in [0.1, 0.15) is 11.5 Å². The van der Waals surface area contributed by atoms with Crippen LogP contribution in [0.5, 0.6) is 11.5 Å². The van der Waals surface area contributed by atoms with Gasteiger partial charge in [-0.25, -0.2) is 5.01 Å². The predicted molar refractivity (Wildman–Crippen MR) is 119 cm³/mol. The number of benzene rings is 3. The lowest BCUT2D eigenvalue weighted by molar-refractivity contribution is -0.0190. The number of fused-ring (bicyclic) bond motifs is 3. The number of para-hydroxylation sites is 1. The second kappa shape index (κ2) is 7.52. The number of hydrogen-bond acceptors (Lipinski definition) is 4. The molecule has 0 unspecified atom stereocenters. The average molecular weight is 399 g/mol. The fourth-order valence-electron chi connectivity index (χ4n) is 4.16. The second-order valence-electron chi connectivity index (χ2n) is 8.26. The van der Waals surface area contributed by atoms with Gasteiger partial charge in [0, 0.05) is 17.5 Å². The molecule has 0 saturated heterocycles. The zero-order valence-electron chi connectivity index (χ0n) is 17.6. The van der Waals surface area contributed by atoms with Crippen LogP contribution in [-0.4, -0.2) is 16.8 Å². The lowest BCUT2D eigenvalue weighted by atomic mass is 9.96. The first-order valence-electron chi connectivity index (χ1n) is 10.5. The van der Waals surface area contributed by atoms with Crippen LogP contribution in [0.25, 0.3) is 0 Å². The summed E-state index contributed by atoms with van der Waals surface area (Å²) >= 11 is 0. The van der Waals surface area contributed by atoms with Crippen LogP contribution >= 0.6 is 0 Å². The molecule has 30 heavy (non-hydrogen) atoms. The normalized spacial score (nSPS) is 19.7. The molecule has 4 heteroatoms. The lowest BCUT2D eigenvalue weighted by Crippen LogP contribution is -2.33. The Kier molecular flexibility index (Phi) is 4.70. The zero-order valence-corrected chi connectivity index (χ0v) is 17.6. The number of hydrogen-bond donors (Lipinski definition) is 0. The smallest absolute Gasteiger partial charge is 0.213 e. The van der Waals surface area contributed by atoms with Gasteiger partial charge in [-0.1, -0.05) is 48.0 Å². The SMILES string of the molecule is Cc1ccc([C@H]2Oc3ccccc3[C@@H]3CC(c4ccc(OC(C)C)cc4)=NN23)cc1. The largest absolute Gasteiger partial charge is 0.491 e. The van der Waals surface area contributed by atoms with Gasteiger partial charge in [-0.15, -0.1) is 0 Å². The van der Waals surface area contributed by atoms with Gasteiger partial charge >= 0.3 is 0 Å². The molecule has 2 atom stereocenters. The molecule has 0 fully saturated rings. The first-order chi connectivity index (χ1) is 14.6. The molecule has 2 heterocycles. The molecule has 0 bridgehead atoms. The Labute approximate surface area is 177 Å². The van der Waals surface area contributed by atoms with E-state index < -0.39 is 0 Å². The molecule has 0 N–H and O–H groups in total. The molecule has 0 saturated carbocycles. The molecule has 0 aliphatic carbocycles. The highest BCUT2D eigenvalue weighted by molar-refractivity contribution is 6.02. The van der Waals surface area contributed by atoms with E-state index in [4.69, 9.17) is 14.6 Å². The highest BCUT2D eigenvalue weighted by atomic mass is 16.5. The number of nitrogens with zero attached hydrogens (tertiary/aromatic N) is 2. The van der Waals surface area contributed by atoms with Gasteiger partial charge in [-0.2, -0.15) is 5.10 Å². The molecular formula is C26H26N2O2. The Morgan fingerprint density at radius 1 is 0.967 bits per heavy atom. The lowest BCUT2D eigenvalue weighted by Gasteiger charge is -2.38. The summed E-state index contributed by atoms with van der Waals surface area (Å²) in [5.74, 6) is 1.83. The van der Waals surface area contributed by atoms with Crippen LogP contribution in [0.15, 0.2) is 77.9 Å². The van der Waals surface area contributed by atoms with Gasteiger partial charge in [0.15, 0.2) is 0 Å². The molecule has 3 aromatic carbocycles. The van der Waals surface area contributed by atoms with Crippen LogP contribution in [0.1, 0.15) is 54.8 Å². The zero-order chi connectivity index (χ0) is 20.7. The van der Waals surface area contributed by atoms with E-state index in [2.05, 4.69) is 66.5 Å². The van der Waals surface area contributed by atoms with Crippen molar-refractivity contribution in [2.45, 2.75) is 45.6 Å². The van der Waals surface area contributed by atoms with Crippen molar-refractivity contribution in [3.05, 3.63) is 95.1 Å². The topological polar surface area (TPSA) is 34.1 Å². The van der Waals surface area contributed by atoms with Crippen molar-refractivity contribution in [2.24, 2.45) is 5.10 Å². The fraction of sp³-hybridized carbons (Fsp3) is 0.269. The standard InChI is InChI=1S/C26H26N2O2/c1-17(2)29-21-14-12-19(13-15-21)23-16-24-22-6-4-5-7-25(22)30-26(28(24)27-23)20-10-8-18(3)9-11-20/h4-15,17,24,26H,16H2,1-3H3/t24-,26+/m0/s1. The maximum Gasteiger partial charge on any atom is 0.213 e. The van der Waals surface area contributed by atoms with E-state index >= 15 is 0 Å². The molecule has 0 spiro atoms. The Balaban J connectivity index is 1.50. The summed E-state index contributed by atoms with van der Waals surface area (Å²) < 4.78 is 12.2. The maximum atomic E-state index is 6.42. The van der Waals surface area contributed by atoms with Crippen LogP contribution in [0.4, 0.5) is 0 Å². The highest BCUT2D eigenvalue weighted by Crippen LogP contribution is 2.47. The van der Waals surface area contributed by atoms with E-state index in [1.165, 1.54) is 11.1 Å². The van der Waals surface area contributed by atoms with Gasteiger partial charge in [-0.3, -0.25) is 0 Å². The van der Waals surface area contributed by atoms with Crippen molar-refractivity contribution < 1.29 is 9.47 Å². The van der Waals surface area contributed by atoms with Gasteiger partial charge < -0.3 is 9.47 Å². The van der Waals surface area contributed by atoms with E-state index in [0.29, 0.717) is 0 Å². The van der Waals surface area contributed by atoms with Gasteiger partial charge in [-0.05, 0) is 56.7 Å². The van der Waals surface area contributed by atoms with E-state index in [1.807, 2.05) is 32.0 Å². The summed E-state index contributed by atoms with van der Waals surface area (Å²) in [6, 6.07) is 25.3. The van der Waals surface area contributed by atoms with Crippen molar-refractivity contribution in [1.82, 2.24) is 5.01 Å². The van der Waals surface area contributed by atoms with Crippen LogP contribution in [0, 0.1) is 6.92 Å². The van der Waals surface area contributed by atoms with E-state index in [-0.39, 0.29) is 18.4 Å². The van der Waals surface area contributed by atoms with E-state index in [9.17, 15) is 0 Å². The average Bonchev–Trinajstić information content (AvgIpc) is 3.20. The van der Waals surface area contributed by atoms with Crippen molar-refractivity contribution >= 4 is 5.71 Å². The van der Waals surface area contributed by atoms with Gasteiger partial charge in [0.25, 0.3) is 0 Å². The highest BCUT2D eigenvalue weighted by Gasteiger charge is 2.40. The van der Waals surface area contributed by atoms with E-state index in [1.54, 1.807) is 0 Å². The van der Waals surface area contributed by atoms with Gasteiger partial charge in [0.2, 0.25) is 6.23 Å². The molecular weight excluding hydrogens is 372 g/mol. The molecule has 4 nitrogen and oxygen atoms in total. The first kappa shape index (κ1) is 18.7. The van der Waals surface area contributed by atoms with Crippen molar-refractivity contribution in [1.29, 1.82) is 0 Å². The van der Waals surface area contributed by atoms with E-state index in [0.717, 1.165) is 34.8 Å². The van der Waals surface area contributed by atoms with Crippen LogP contribution in [-0.2, 0) is 0 Å². The molecule has 0 aromatic heterocycles. The minimum Gasteiger partial charge on any atom is -0.491 e. The first-order valence-corrected chi connectivity index (χ1v) is 10.5. The summed E-state index contributed by atoms with van der Waals surface area (Å²) in [4.78, 5) is 0. The Hall–Kier alpha value is -3.27. The molecule has 3 aromatic rings. The molecule has 2 aliphatic heterocycles. The molecule has 152 valence electrons. The molecule has 0 radical (unpaired) electrons. The van der Waals surface area contributed by atoms with Crippen LogP contribution < -0.4 is 9.47 Å². The number of ether oxygens (including phenoxy) is 2. The van der Waals surface area contributed by atoms with Crippen molar-refractivity contribution in [2.75, 3.05) is 0 Å². The van der Waals surface area contributed by atoms with Crippen LogP contribution in [0.3, 0.4) is 0 Å². The summed E-state index contributed by atoms with van der Waals surface area (Å²) in [5, 5.41) is 7.16. The minimum atomic E-state index is -0.230. The maximum absolute atomic E-state index is 6.42. The summed E-state index contributed by atoms with van der Waals surface area (Å²) in [7, 11) is 0.